The van der Waals surface area contributed by atoms with Gasteiger partial charge in [0.05, 0.1) is 23.3 Å². The van der Waals surface area contributed by atoms with Crippen molar-refractivity contribution in [1.82, 2.24) is 20.1 Å². The second-order valence-electron chi connectivity index (χ2n) is 6.98. The zero-order valence-electron chi connectivity index (χ0n) is 15.9. The summed E-state index contributed by atoms with van der Waals surface area (Å²) in [6, 6.07) is 4.00. The van der Waals surface area contributed by atoms with Crippen LogP contribution < -0.4 is 10.6 Å². The summed E-state index contributed by atoms with van der Waals surface area (Å²) in [6.07, 6.45) is 4.66. The molecule has 0 saturated heterocycles. The van der Waals surface area contributed by atoms with E-state index >= 15 is 0 Å². The van der Waals surface area contributed by atoms with Crippen LogP contribution in [0.15, 0.2) is 24.5 Å². The third kappa shape index (κ3) is 4.00. The van der Waals surface area contributed by atoms with E-state index in [0.717, 1.165) is 32.3 Å². The molecule has 0 radical (unpaired) electrons. The molecule has 9 heteroatoms. The zero-order chi connectivity index (χ0) is 19.8. The monoisotopic (exact) mass is 415 g/mol. The molecule has 2 amide bonds. The van der Waals surface area contributed by atoms with Gasteiger partial charge in [-0.25, -0.2) is 4.98 Å². The van der Waals surface area contributed by atoms with Gasteiger partial charge >= 0.3 is 0 Å². The molecular formula is C19H21N5O2S2. The summed E-state index contributed by atoms with van der Waals surface area (Å²) in [4.78, 5) is 31.4. The van der Waals surface area contributed by atoms with Crippen LogP contribution in [0.3, 0.4) is 0 Å². The number of carbonyl (C=O) groups excluding carboxylic acids is 2. The van der Waals surface area contributed by atoms with Gasteiger partial charge in [-0.2, -0.15) is 5.10 Å². The van der Waals surface area contributed by atoms with Crippen molar-refractivity contribution in [2.75, 3.05) is 5.32 Å². The molecule has 3 aromatic heterocycles. The number of aromatic nitrogens is 3. The Kier molecular flexibility index (Phi) is 5.03. The van der Waals surface area contributed by atoms with Crippen LogP contribution in [0.5, 0.6) is 0 Å². The molecule has 1 aliphatic rings. The van der Waals surface area contributed by atoms with E-state index < -0.39 is 0 Å². The first-order valence-corrected chi connectivity index (χ1v) is 10.6. The maximum absolute atomic E-state index is 12.6. The molecule has 2 atom stereocenters. The predicted molar refractivity (Wildman–Crippen MR) is 110 cm³/mol. The summed E-state index contributed by atoms with van der Waals surface area (Å²) in [6.45, 7) is 4.03. The van der Waals surface area contributed by atoms with E-state index in [4.69, 9.17) is 0 Å². The van der Waals surface area contributed by atoms with Crippen molar-refractivity contribution >= 4 is 39.6 Å². The highest BCUT2D eigenvalue weighted by Crippen LogP contribution is 2.48. The number of rotatable bonds is 6. The summed E-state index contributed by atoms with van der Waals surface area (Å²) < 4.78 is 1.76. The van der Waals surface area contributed by atoms with E-state index in [0.29, 0.717) is 11.7 Å². The summed E-state index contributed by atoms with van der Waals surface area (Å²) in [7, 11) is 1.88. The lowest BCUT2D eigenvalue weighted by Gasteiger charge is -2.00. The van der Waals surface area contributed by atoms with Crippen LogP contribution in [0.1, 0.15) is 34.6 Å². The molecule has 0 aromatic carbocycles. The number of carbonyl (C=O) groups is 2. The summed E-state index contributed by atoms with van der Waals surface area (Å²) in [5.41, 5.74) is 2.00. The van der Waals surface area contributed by atoms with Crippen molar-refractivity contribution in [3.63, 3.8) is 0 Å². The van der Waals surface area contributed by atoms with Crippen LogP contribution >= 0.6 is 22.7 Å². The Bertz CT molecular complexity index is 1030. The molecule has 1 aliphatic carbocycles. The van der Waals surface area contributed by atoms with Crippen molar-refractivity contribution in [2.45, 2.75) is 32.7 Å². The number of nitrogens with one attached hydrogen (secondary N) is 2. The average Bonchev–Trinajstić information content (AvgIpc) is 2.94. The molecule has 1 fully saturated rings. The lowest BCUT2D eigenvalue weighted by atomic mass is 10.2. The van der Waals surface area contributed by atoms with Gasteiger partial charge in [0.15, 0.2) is 5.13 Å². The van der Waals surface area contributed by atoms with Crippen molar-refractivity contribution in [1.29, 1.82) is 0 Å². The maximum atomic E-state index is 12.6. The van der Waals surface area contributed by atoms with Crippen LogP contribution in [0.2, 0.25) is 0 Å². The molecule has 0 bridgehead atoms. The van der Waals surface area contributed by atoms with Crippen LogP contribution in [-0.2, 0) is 23.2 Å². The standard InChI is InChI=1S/C19H21N5O2S2/c1-10-17(16-5-4-13(28-16)8-20-11(2)25)22-19(27-10)23-18(26)15-6-14(15)12-7-21-24(3)9-12/h4-5,7,9,14-15H,6,8H2,1-3H3,(H,20,25)(H,22,23,26). The SMILES string of the molecule is CC(=O)NCc1ccc(-c2nc(NC(=O)C3CC3c3cnn(C)c3)sc2C)s1. The number of aryl methyl sites for hydroxylation is 2. The van der Waals surface area contributed by atoms with Crippen molar-refractivity contribution in [2.24, 2.45) is 13.0 Å². The van der Waals surface area contributed by atoms with Crippen LogP contribution in [0.25, 0.3) is 10.6 Å². The second-order valence-corrected chi connectivity index (χ2v) is 9.36. The van der Waals surface area contributed by atoms with E-state index in [1.54, 1.807) is 16.0 Å². The van der Waals surface area contributed by atoms with E-state index in [9.17, 15) is 9.59 Å². The van der Waals surface area contributed by atoms with Gasteiger partial charge in [0.25, 0.3) is 0 Å². The van der Waals surface area contributed by atoms with Crippen molar-refractivity contribution in [3.05, 3.63) is 39.8 Å². The highest BCUT2D eigenvalue weighted by atomic mass is 32.1. The van der Waals surface area contributed by atoms with Gasteiger partial charge in [-0.1, -0.05) is 0 Å². The number of hydrogen-bond acceptors (Lipinski definition) is 6. The first-order chi connectivity index (χ1) is 13.4. The first-order valence-electron chi connectivity index (χ1n) is 9.01. The van der Waals surface area contributed by atoms with E-state index in [1.807, 2.05) is 38.5 Å². The molecule has 2 unspecified atom stereocenters. The molecular weight excluding hydrogens is 394 g/mol. The van der Waals surface area contributed by atoms with Gasteiger partial charge in [0.1, 0.15) is 0 Å². The van der Waals surface area contributed by atoms with Gasteiger partial charge in [-0.3, -0.25) is 14.3 Å². The number of anilines is 1. The zero-order valence-corrected chi connectivity index (χ0v) is 17.5. The predicted octanol–water partition coefficient (Wildman–Crippen LogP) is 3.29. The Morgan fingerprint density at radius 1 is 1.32 bits per heavy atom. The molecule has 7 nitrogen and oxygen atoms in total. The molecule has 2 N–H and O–H groups in total. The van der Waals surface area contributed by atoms with Gasteiger partial charge in [0.2, 0.25) is 11.8 Å². The number of thiazole rings is 1. The first kappa shape index (κ1) is 18.8. The largest absolute Gasteiger partial charge is 0.351 e. The fourth-order valence-electron chi connectivity index (χ4n) is 3.17. The second kappa shape index (κ2) is 7.48. The highest BCUT2D eigenvalue weighted by molar-refractivity contribution is 7.18. The summed E-state index contributed by atoms with van der Waals surface area (Å²) in [5.74, 6) is 0.215. The van der Waals surface area contributed by atoms with E-state index in [2.05, 4.69) is 20.7 Å². The molecule has 4 rings (SSSR count). The molecule has 3 heterocycles. The average molecular weight is 416 g/mol. The Morgan fingerprint density at radius 3 is 2.86 bits per heavy atom. The summed E-state index contributed by atoms with van der Waals surface area (Å²) >= 11 is 3.09. The van der Waals surface area contributed by atoms with Crippen LogP contribution in [-0.4, -0.2) is 26.6 Å². The molecule has 146 valence electrons. The fraction of sp³-hybridized carbons (Fsp3) is 0.368. The fourth-order valence-corrected chi connectivity index (χ4v) is 5.06. The minimum Gasteiger partial charge on any atom is -0.351 e. The number of hydrogen-bond donors (Lipinski definition) is 2. The maximum Gasteiger partial charge on any atom is 0.229 e. The molecule has 1 saturated carbocycles. The topological polar surface area (TPSA) is 88.9 Å². The molecule has 0 spiro atoms. The normalized spacial score (nSPS) is 18.1. The van der Waals surface area contributed by atoms with Gasteiger partial charge in [-0.15, -0.1) is 22.7 Å². The lowest BCUT2D eigenvalue weighted by molar-refractivity contribution is -0.119. The van der Waals surface area contributed by atoms with Crippen molar-refractivity contribution in [3.8, 4) is 10.6 Å². The quantitative estimate of drug-likeness (QED) is 0.647. The summed E-state index contributed by atoms with van der Waals surface area (Å²) in [5, 5.41) is 10.6. The van der Waals surface area contributed by atoms with Gasteiger partial charge < -0.3 is 10.6 Å². The molecule has 28 heavy (non-hydrogen) atoms. The Labute approximate surface area is 170 Å². The number of nitrogens with zero attached hydrogens (tertiary/aromatic N) is 3. The molecule has 3 aromatic rings. The third-order valence-corrected chi connectivity index (χ3v) is 6.69. The number of thiophene rings is 1. The van der Waals surface area contributed by atoms with E-state index in [-0.39, 0.29) is 23.7 Å². The van der Waals surface area contributed by atoms with Crippen LogP contribution in [0.4, 0.5) is 5.13 Å². The Balaban J connectivity index is 1.41. The Hall–Kier alpha value is -2.52. The Morgan fingerprint density at radius 2 is 2.14 bits per heavy atom. The number of amides is 2. The lowest BCUT2D eigenvalue weighted by Crippen LogP contribution is -2.17. The molecule has 0 aliphatic heterocycles. The third-order valence-electron chi connectivity index (χ3n) is 4.71. The smallest absolute Gasteiger partial charge is 0.229 e. The van der Waals surface area contributed by atoms with Gasteiger partial charge in [-0.05, 0) is 37.0 Å². The highest BCUT2D eigenvalue weighted by Gasteiger charge is 2.44. The van der Waals surface area contributed by atoms with Crippen LogP contribution in [0, 0.1) is 12.8 Å². The minimum absolute atomic E-state index is 0.0112. The van der Waals surface area contributed by atoms with E-state index in [1.165, 1.54) is 18.3 Å². The van der Waals surface area contributed by atoms with Gasteiger partial charge in [0, 0.05) is 35.8 Å². The minimum atomic E-state index is -0.0468. The van der Waals surface area contributed by atoms with Crippen molar-refractivity contribution < 1.29 is 9.59 Å².